The second-order valence-electron chi connectivity index (χ2n) is 4.90. The number of aryl methyl sites for hydroxylation is 1. The number of nitro benzene ring substituents is 1. The van der Waals surface area contributed by atoms with Crippen LogP contribution in [0.25, 0.3) is 0 Å². The van der Waals surface area contributed by atoms with Gasteiger partial charge in [0.1, 0.15) is 10.6 Å². The first kappa shape index (κ1) is 16.9. The van der Waals surface area contributed by atoms with Crippen LogP contribution in [-0.4, -0.2) is 20.5 Å². The fourth-order valence-corrected chi connectivity index (χ4v) is 3.16. The Morgan fingerprint density at radius 2 is 1.83 bits per heavy atom. The van der Waals surface area contributed by atoms with Crippen LogP contribution in [0.3, 0.4) is 0 Å². The number of nitro groups is 1. The summed E-state index contributed by atoms with van der Waals surface area (Å²) in [5.41, 5.74) is 1.53. The maximum Gasteiger partial charge on any atom is 0.271 e. The number of hydrogen-bond acceptors (Lipinski definition) is 5. The summed E-state index contributed by atoms with van der Waals surface area (Å²) in [5, 5.41) is 10.8. The number of nitrogens with one attached hydrogen (secondary N) is 1. The highest BCUT2D eigenvalue weighted by molar-refractivity contribution is 7.89. The molecule has 0 fully saturated rings. The average molecular weight is 336 g/mol. The summed E-state index contributed by atoms with van der Waals surface area (Å²) in [6, 6.07) is 10.8. The number of non-ortho nitro benzene ring substituents is 1. The molecule has 0 heterocycles. The molecule has 0 aliphatic heterocycles. The SMILES string of the molecule is COc1ccc([N+](=O)[O-])cc1S(=O)(=O)NCc1ccc(C)cc1. The van der Waals surface area contributed by atoms with Crippen LogP contribution in [0.2, 0.25) is 0 Å². The lowest BCUT2D eigenvalue weighted by Gasteiger charge is -2.10. The largest absolute Gasteiger partial charge is 0.495 e. The predicted molar refractivity (Wildman–Crippen MR) is 84.9 cm³/mol. The van der Waals surface area contributed by atoms with Gasteiger partial charge in [-0.3, -0.25) is 10.1 Å². The molecule has 0 saturated heterocycles. The van der Waals surface area contributed by atoms with E-state index < -0.39 is 14.9 Å². The molecule has 2 rings (SSSR count). The molecular weight excluding hydrogens is 320 g/mol. The highest BCUT2D eigenvalue weighted by atomic mass is 32.2. The summed E-state index contributed by atoms with van der Waals surface area (Å²) < 4.78 is 32.2. The molecule has 1 N–H and O–H groups in total. The van der Waals surface area contributed by atoms with E-state index in [0.29, 0.717) is 0 Å². The first-order valence-corrected chi connectivity index (χ1v) is 8.19. The van der Waals surface area contributed by atoms with Crippen LogP contribution in [-0.2, 0) is 16.6 Å². The molecule has 0 aliphatic rings. The van der Waals surface area contributed by atoms with Crippen molar-refractivity contribution in [2.45, 2.75) is 18.4 Å². The van der Waals surface area contributed by atoms with Gasteiger partial charge in [-0.2, -0.15) is 0 Å². The Bertz CT molecular complexity index is 816. The number of benzene rings is 2. The van der Waals surface area contributed by atoms with Crippen molar-refractivity contribution in [3.05, 3.63) is 63.7 Å². The quantitative estimate of drug-likeness (QED) is 0.645. The number of rotatable bonds is 6. The maximum atomic E-state index is 12.4. The van der Waals surface area contributed by atoms with Crippen molar-refractivity contribution in [2.75, 3.05) is 7.11 Å². The zero-order chi connectivity index (χ0) is 17.0. The highest BCUT2D eigenvalue weighted by Gasteiger charge is 2.22. The molecule has 0 unspecified atom stereocenters. The lowest BCUT2D eigenvalue weighted by Crippen LogP contribution is -2.23. The molecule has 2 aromatic rings. The van der Waals surface area contributed by atoms with Crippen LogP contribution in [0, 0.1) is 17.0 Å². The minimum Gasteiger partial charge on any atom is -0.495 e. The topological polar surface area (TPSA) is 98.5 Å². The third-order valence-corrected chi connectivity index (χ3v) is 4.66. The van der Waals surface area contributed by atoms with Gasteiger partial charge in [0.2, 0.25) is 10.0 Å². The molecule has 0 bridgehead atoms. The Labute approximate surface area is 134 Å². The predicted octanol–water partition coefficient (Wildman–Crippen LogP) is 2.39. The van der Waals surface area contributed by atoms with Crippen LogP contribution < -0.4 is 9.46 Å². The molecule has 0 aromatic heterocycles. The average Bonchev–Trinajstić information content (AvgIpc) is 2.53. The van der Waals surface area contributed by atoms with Gasteiger partial charge in [0.15, 0.2) is 0 Å². The standard InChI is InChI=1S/C15H16N2O5S/c1-11-3-5-12(6-4-11)10-16-23(20,21)15-9-13(17(18)19)7-8-14(15)22-2/h3-9,16H,10H2,1-2H3. The van der Waals surface area contributed by atoms with E-state index in [-0.39, 0.29) is 22.9 Å². The first-order chi connectivity index (χ1) is 10.8. The third-order valence-electron chi connectivity index (χ3n) is 3.23. The number of ether oxygens (including phenoxy) is 1. The van der Waals surface area contributed by atoms with Crippen LogP contribution in [0.5, 0.6) is 5.75 Å². The third kappa shape index (κ3) is 4.05. The number of nitrogens with zero attached hydrogens (tertiary/aromatic N) is 1. The minimum atomic E-state index is -3.95. The highest BCUT2D eigenvalue weighted by Crippen LogP contribution is 2.28. The Balaban J connectivity index is 2.29. The lowest BCUT2D eigenvalue weighted by molar-refractivity contribution is -0.385. The molecule has 0 amide bonds. The maximum absolute atomic E-state index is 12.4. The minimum absolute atomic E-state index is 0.0482. The van der Waals surface area contributed by atoms with E-state index in [1.165, 1.54) is 19.2 Å². The van der Waals surface area contributed by atoms with Crippen LogP contribution >= 0.6 is 0 Å². The summed E-state index contributed by atoms with van der Waals surface area (Å²) in [7, 11) is -2.64. The molecule has 0 spiro atoms. The van der Waals surface area contributed by atoms with Gasteiger partial charge < -0.3 is 4.74 Å². The van der Waals surface area contributed by atoms with Gasteiger partial charge in [-0.05, 0) is 18.6 Å². The smallest absolute Gasteiger partial charge is 0.271 e. The van der Waals surface area contributed by atoms with Crippen molar-refractivity contribution >= 4 is 15.7 Å². The van der Waals surface area contributed by atoms with E-state index in [2.05, 4.69) is 4.72 Å². The lowest BCUT2D eigenvalue weighted by atomic mass is 10.2. The van der Waals surface area contributed by atoms with Gasteiger partial charge in [0, 0.05) is 18.7 Å². The Kier molecular flexibility index (Phi) is 4.97. The fourth-order valence-electron chi connectivity index (χ4n) is 1.95. The van der Waals surface area contributed by atoms with Gasteiger partial charge in [-0.1, -0.05) is 29.8 Å². The van der Waals surface area contributed by atoms with Crippen molar-refractivity contribution in [1.82, 2.24) is 4.72 Å². The Morgan fingerprint density at radius 3 is 2.39 bits per heavy atom. The summed E-state index contributed by atoms with van der Waals surface area (Å²) in [4.78, 5) is 9.92. The molecule has 23 heavy (non-hydrogen) atoms. The molecule has 8 heteroatoms. The van der Waals surface area contributed by atoms with Gasteiger partial charge in [-0.15, -0.1) is 0 Å². The summed E-state index contributed by atoms with van der Waals surface area (Å²) in [6.45, 7) is 2.01. The Hall–Kier alpha value is -2.45. The van der Waals surface area contributed by atoms with Gasteiger partial charge in [0.05, 0.1) is 12.0 Å². The van der Waals surface area contributed by atoms with Gasteiger partial charge in [-0.25, -0.2) is 13.1 Å². The number of sulfonamides is 1. The molecule has 0 radical (unpaired) electrons. The first-order valence-electron chi connectivity index (χ1n) is 6.71. The molecule has 0 atom stereocenters. The number of hydrogen-bond donors (Lipinski definition) is 1. The van der Waals surface area contributed by atoms with Gasteiger partial charge in [0.25, 0.3) is 5.69 Å². The Morgan fingerprint density at radius 1 is 1.17 bits per heavy atom. The molecule has 2 aromatic carbocycles. The second kappa shape index (κ2) is 6.76. The van der Waals surface area contributed by atoms with Crippen LogP contribution in [0.15, 0.2) is 47.4 Å². The summed E-state index contributed by atoms with van der Waals surface area (Å²) in [5.74, 6) is 0.0482. The van der Waals surface area contributed by atoms with E-state index in [4.69, 9.17) is 4.74 Å². The monoisotopic (exact) mass is 336 g/mol. The van der Waals surface area contributed by atoms with E-state index in [1.54, 1.807) is 0 Å². The van der Waals surface area contributed by atoms with Gasteiger partial charge >= 0.3 is 0 Å². The van der Waals surface area contributed by atoms with Crippen LogP contribution in [0.4, 0.5) is 5.69 Å². The summed E-state index contributed by atoms with van der Waals surface area (Å²) in [6.07, 6.45) is 0. The van der Waals surface area contributed by atoms with Crippen molar-refractivity contribution in [2.24, 2.45) is 0 Å². The van der Waals surface area contributed by atoms with E-state index in [1.807, 2.05) is 31.2 Å². The fraction of sp³-hybridized carbons (Fsp3) is 0.200. The molecular formula is C15H16N2O5S. The van der Waals surface area contributed by atoms with E-state index in [0.717, 1.165) is 17.2 Å². The zero-order valence-corrected chi connectivity index (χ0v) is 13.5. The van der Waals surface area contributed by atoms with Crippen molar-refractivity contribution in [1.29, 1.82) is 0 Å². The van der Waals surface area contributed by atoms with Crippen molar-refractivity contribution < 1.29 is 18.1 Å². The summed E-state index contributed by atoms with van der Waals surface area (Å²) >= 11 is 0. The number of methoxy groups -OCH3 is 1. The normalized spacial score (nSPS) is 11.2. The zero-order valence-electron chi connectivity index (χ0n) is 12.6. The van der Waals surface area contributed by atoms with E-state index >= 15 is 0 Å². The molecule has 0 aliphatic carbocycles. The van der Waals surface area contributed by atoms with Crippen molar-refractivity contribution in [3.8, 4) is 5.75 Å². The second-order valence-corrected chi connectivity index (χ2v) is 6.64. The van der Waals surface area contributed by atoms with Crippen molar-refractivity contribution in [3.63, 3.8) is 0 Å². The molecule has 7 nitrogen and oxygen atoms in total. The molecule has 0 saturated carbocycles. The van der Waals surface area contributed by atoms with E-state index in [9.17, 15) is 18.5 Å². The molecule has 122 valence electrons. The van der Waals surface area contributed by atoms with Crippen LogP contribution in [0.1, 0.15) is 11.1 Å².